The lowest BCUT2D eigenvalue weighted by Crippen LogP contribution is -2.42. The first-order valence-electron chi connectivity index (χ1n) is 6.53. The van der Waals surface area contributed by atoms with E-state index in [4.69, 9.17) is 4.74 Å². The Kier molecular flexibility index (Phi) is 6.23. The van der Waals surface area contributed by atoms with Crippen molar-refractivity contribution < 1.29 is 13.9 Å². The minimum absolute atomic E-state index is 0. The summed E-state index contributed by atoms with van der Waals surface area (Å²) in [5.74, 6) is 0.148. The van der Waals surface area contributed by atoms with Crippen LogP contribution in [-0.2, 0) is 4.79 Å². The van der Waals surface area contributed by atoms with Gasteiger partial charge in [0.2, 0.25) is 5.91 Å². The van der Waals surface area contributed by atoms with Gasteiger partial charge in [0.15, 0.2) is 0 Å². The molecule has 0 aromatic heterocycles. The fraction of sp³-hybridized carbons (Fsp3) is 0.500. The van der Waals surface area contributed by atoms with Crippen LogP contribution in [0, 0.1) is 5.82 Å². The molecule has 0 aliphatic carbocycles. The Morgan fingerprint density at radius 2 is 2.30 bits per heavy atom. The van der Waals surface area contributed by atoms with E-state index in [1.807, 2.05) is 14.0 Å². The maximum Gasteiger partial charge on any atom is 0.227 e. The topological polar surface area (TPSA) is 41.6 Å². The van der Waals surface area contributed by atoms with E-state index in [2.05, 4.69) is 5.32 Å². The van der Waals surface area contributed by atoms with E-state index >= 15 is 0 Å². The third-order valence-corrected chi connectivity index (χ3v) is 3.10. The molecular weight excluding hydrogens is 283 g/mol. The zero-order valence-corrected chi connectivity index (χ0v) is 12.5. The number of halogens is 2. The number of nitrogens with zero attached hydrogens (tertiary/aromatic N) is 1. The van der Waals surface area contributed by atoms with Crippen molar-refractivity contribution in [3.05, 3.63) is 24.0 Å². The van der Waals surface area contributed by atoms with Crippen LogP contribution in [0.25, 0.3) is 0 Å². The van der Waals surface area contributed by atoms with Gasteiger partial charge in [-0.1, -0.05) is 0 Å². The summed E-state index contributed by atoms with van der Waals surface area (Å²) >= 11 is 0. The first-order valence-corrected chi connectivity index (χ1v) is 6.53. The van der Waals surface area contributed by atoms with E-state index in [-0.39, 0.29) is 30.2 Å². The first kappa shape index (κ1) is 16.7. The number of nitrogens with one attached hydrogen (secondary N) is 1. The molecule has 1 amide bonds. The van der Waals surface area contributed by atoms with Crippen LogP contribution in [0.5, 0.6) is 5.75 Å². The fourth-order valence-electron chi connectivity index (χ4n) is 2.20. The van der Waals surface area contributed by atoms with Crippen LogP contribution in [0.15, 0.2) is 18.2 Å². The van der Waals surface area contributed by atoms with Crippen LogP contribution < -0.4 is 15.0 Å². The molecule has 1 aromatic rings. The number of carbonyl (C=O) groups excluding carboxylic acids is 1. The summed E-state index contributed by atoms with van der Waals surface area (Å²) in [6, 6.07) is 4.29. The second-order valence-electron chi connectivity index (χ2n) is 4.75. The van der Waals surface area contributed by atoms with E-state index in [9.17, 15) is 9.18 Å². The molecule has 1 unspecified atom stereocenters. The summed E-state index contributed by atoms with van der Waals surface area (Å²) in [6.07, 6.45) is 1.14. The Morgan fingerprint density at radius 1 is 1.55 bits per heavy atom. The average Bonchev–Trinajstić information content (AvgIpc) is 2.37. The normalized spacial score (nSPS) is 16.9. The molecule has 4 nitrogen and oxygen atoms in total. The number of hydrogen-bond donors (Lipinski definition) is 1. The third kappa shape index (κ3) is 3.84. The SMILES string of the molecule is CNCCCC(=O)N1CC(C)Oc2cc(F)ccc21.Cl. The zero-order chi connectivity index (χ0) is 13.8. The first-order chi connectivity index (χ1) is 9.11. The molecule has 112 valence electrons. The molecule has 1 N–H and O–H groups in total. The lowest BCUT2D eigenvalue weighted by molar-refractivity contribution is -0.119. The number of fused-ring (bicyclic) bond motifs is 1. The molecule has 1 heterocycles. The van der Waals surface area contributed by atoms with Crippen molar-refractivity contribution in [1.82, 2.24) is 5.32 Å². The largest absolute Gasteiger partial charge is 0.487 e. The van der Waals surface area contributed by atoms with Gasteiger partial charge >= 0.3 is 0 Å². The molecule has 0 fully saturated rings. The second-order valence-corrected chi connectivity index (χ2v) is 4.75. The lowest BCUT2D eigenvalue weighted by atomic mass is 10.1. The molecule has 0 spiro atoms. The van der Waals surface area contributed by atoms with Gasteiger partial charge in [-0.15, -0.1) is 12.4 Å². The van der Waals surface area contributed by atoms with Crippen molar-refractivity contribution in [3.63, 3.8) is 0 Å². The predicted octanol–water partition coefficient (Wildman–Crippen LogP) is 2.36. The number of benzene rings is 1. The quantitative estimate of drug-likeness (QED) is 0.868. The molecule has 1 aliphatic rings. The van der Waals surface area contributed by atoms with E-state index in [1.165, 1.54) is 12.1 Å². The molecule has 20 heavy (non-hydrogen) atoms. The molecule has 0 saturated carbocycles. The van der Waals surface area contributed by atoms with Crippen LogP contribution in [0.2, 0.25) is 0 Å². The maximum absolute atomic E-state index is 13.2. The Bertz CT molecular complexity index is 470. The van der Waals surface area contributed by atoms with Gasteiger partial charge < -0.3 is 15.0 Å². The number of carbonyl (C=O) groups is 1. The Hall–Kier alpha value is -1.33. The summed E-state index contributed by atoms with van der Waals surface area (Å²) in [5.41, 5.74) is 0.661. The molecule has 1 aromatic carbocycles. The van der Waals surface area contributed by atoms with Gasteiger partial charge in [-0.3, -0.25) is 4.79 Å². The highest BCUT2D eigenvalue weighted by Gasteiger charge is 2.27. The number of hydrogen-bond acceptors (Lipinski definition) is 3. The van der Waals surface area contributed by atoms with Gasteiger partial charge in [0.1, 0.15) is 17.7 Å². The number of anilines is 1. The zero-order valence-electron chi connectivity index (χ0n) is 11.7. The van der Waals surface area contributed by atoms with Gasteiger partial charge in [0, 0.05) is 12.5 Å². The van der Waals surface area contributed by atoms with Crippen molar-refractivity contribution in [3.8, 4) is 5.75 Å². The summed E-state index contributed by atoms with van der Waals surface area (Å²) in [5, 5.41) is 3.02. The van der Waals surface area contributed by atoms with Gasteiger partial charge in [-0.25, -0.2) is 4.39 Å². The standard InChI is InChI=1S/C14H19FN2O2.ClH/c1-10-9-17(14(18)4-3-7-16-2)12-6-5-11(15)8-13(12)19-10;/h5-6,8,10,16H,3-4,7,9H2,1-2H3;1H. The highest BCUT2D eigenvalue weighted by molar-refractivity contribution is 5.95. The second kappa shape index (κ2) is 7.45. The molecule has 0 saturated heterocycles. The van der Waals surface area contributed by atoms with Crippen molar-refractivity contribution >= 4 is 24.0 Å². The van der Waals surface area contributed by atoms with Crippen LogP contribution in [0.1, 0.15) is 19.8 Å². The minimum Gasteiger partial charge on any atom is -0.487 e. The molecule has 1 atom stereocenters. The average molecular weight is 303 g/mol. The smallest absolute Gasteiger partial charge is 0.227 e. The minimum atomic E-state index is -0.351. The van der Waals surface area contributed by atoms with Gasteiger partial charge in [-0.2, -0.15) is 0 Å². The maximum atomic E-state index is 13.2. The summed E-state index contributed by atoms with van der Waals surface area (Å²) in [6.45, 7) is 3.20. The van der Waals surface area contributed by atoms with E-state index in [1.54, 1.807) is 11.0 Å². The van der Waals surface area contributed by atoms with Crippen molar-refractivity contribution in [1.29, 1.82) is 0 Å². The van der Waals surface area contributed by atoms with Crippen LogP contribution in [0.3, 0.4) is 0 Å². The molecule has 1 aliphatic heterocycles. The highest BCUT2D eigenvalue weighted by atomic mass is 35.5. The van der Waals surface area contributed by atoms with E-state index < -0.39 is 0 Å². The Balaban J connectivity index is 0.00000200. The van der Waals surface area contributed by atoms with Gasteiger partial charge in [0.05, 0.1) is 12.2 Å². The highest BCUT2D eigenvalue weighted by Crippen LogP contribution is 2.34. The van der Waals surface area contributed by atoms with Gasteiger partial charge in [-0.05, 0) is 39.1 Å². The van der Waals surface area contributed by atoms with Crippen LogP contribution in [-0.4, -0.2) is 32.1 Å². The lowest BCUT2D eigenvalue weighted by Gasteiger charge is -2.33. The van der Waals surface area contributed by atoms with Crippen molar-refractivity contribution in [2.75, 3.05) is 25.0 Å². The molecule has 0 radical (unpaired) electrons. The molecular formula is C14H20ClFN2O2. The molecule has 0 bridgehead atoms. The Morgan fingerprint density at radius 3 is 3.00 bits per heavy atom. The molecule has 6 heteroatoms. The number of amides is 1. The summed E-state index contributed by atoms with van der Waals surface area (Å²) in [4.78, 5) is 13.9. The van der Waals surface area contributed by atoms with Crippen molar-refractivity contribution in [2.45, 2.75) is 25.9 Å². The van der Waals surface area contributed by atoms with E-state index in [0.717, 1.165) is 13.0 Å². The number of ether oxygens (including phenoxy) is 1. The predicted molar refractivity (Wildman–Crippen MR) is 79.3 cm³/mol. The fourth-order valence-corrected chi connectivity index (χ4v) is 2.20. The number of rotatable bonds is 4. The summed E-state index contributed by atoms with van der Waals surface area (Å²) < 4.78 is 18.8. The van der Waals surface area contributed by atoms with E-state index in [0.29, 0.717) is 24.4 Å². The molecule has 2 rings (SSSR count). The summed E-state index contributed by atoms with van der Waals surface area (Å²) in [7, 11) is 1.86. The third-order valence-electron chi connectivity index (χ3n) is 3.10. The Labute approximate surface area is 124 Å². The van der Waals surface area contributed by atoms with Gasteiger partial charge in [0.25, 0.3) is 0 Å². The van der Waals surface area contributed by atoms with Crippen LogP contribution >= 0.6 is 12.4 Å². The monoisotopic (exact) mass is 302 g/mol. The van der Waals surface area contributed by atoms with Crippen molar-refractivity contribution in [2.24, 2.45) is 0 Å². The van der Waals surface area contributed by atoms with Crippen LogP contribution in [0.4, 0.5) is 10.1 Å².